The number of hydrogen-bond acceptors (Lipinski definition) is 5. The summed E-state index contributed by atoms with van der Waals surface area (Å²) in [6, 6.07) is 13.3. The Morgan fingerprint density at radius 1 is 1.12 bits per heavy atom. The normalized spacial score (nSPS) is 29.7. The zero-order valence-corrected chi connectivity index (χ0v) is 25.8. The second kappa shape index (κ2) is 11.4. The number of aryl methyl sites for hydroxylation is 2. The number of ether oxygens (including phenoxy) is 1. The highest BCUT2D eigenvalue weighted by Crippen LogP contribution is 2.66. The number of likely N-dealkylation sites (N-methyl/N-ethyl adjacent to an activating group) is 1. The number of rotatable bonds is 10. The summed E-state index contributed by atoms with van der Waals surface area (Å²) in [6.07, 6.45) is 3.75. The summed E-state index contributed by atoms with van der Waals surface area (Å²) < 4.78 is 6.94. The third-order valence-electron chi connectivity index (χ3n) is 9.96. The Bertz CT molecular complexity index is 1440. The van der Waals surface area contributed by atoms with Gasteiger partial charge in [0.1, 0.15) is 11.6 Å². The van der Waals surface area contributed by atoms with Crippen LogP contribution in [0.1, 0.15) is 43.0 Å². The van der Waals surface area contributed by atoms with E-state index in [-0.39, 0.29) is 30.2 Å². The van der Waals surface area contributed by atoms with Gasteiger partial charge in [-0.15, -0.1) is 13.2 Å². The summed E-state index contributed by atoms with van der Waals surface area (Å²) in [5, 5.41) is 10.8. The number of carbonyl (C=O) groups excluding carboxylic acids is 3. The van der Waals surface area contributed by atoms with Gasteiger partial charge in [-0.1, -0.05) is 61.5 Å². The van der Waals surface area contributed by atoms with Crippen molar-refractivity contribution >= 4 is 23.4 Å². The Balaban J connectivity index is 1.72. The minimum Gasteiger partial charge on any atom is -0.394 e. The lowest BCUT2D eigenvalue weighted by atomic mass is 9.62. The third kappa shape index (κ3) is 4.62. The van der Waals surface area contributed by atoms with Crippen LogP contribution in [-0.2, 0) is 19.1 Å². The zero-order valence-electron chi connectivity index (χ0n) is 25.8. The molecule has 3 saturated heterocycles. The van der Waals surface area contributed by atoms with E-state index in [4.69, 9.17) is 4.74 Å². The van der Waals surface area contributed by atoms with Crippen molar-refractivity contribution in [2.45, 2.75) is 57.4 Å². The molecule has 8 heteroatoms. The van der Waals surface area contributed by atoms with Crippen molar-refractivity contribution in [3.05, 3.63) is 90.5 Å². The Kier molecular flexibility index (Phi) is 8.13. The van der Waals surface area contributed by atoms with E-state index in [2.05, 4.69) is 13.2 Å². The van der Waals surface area contributed by atoms with Crippen molar-refractivity contribution in [1.29, 1.82) is 0 Å². The van der Waals surface area contributed by atoms with E-state index in [9.17, 15) is 14.7 Å². The molecule has 3 aliphatic rings. The molecule has 3 aliphatic heterocycles. The average Bonchev–Trinajstić information content (AvgIpc) is 3.50. The quantitative estimate of drug-likeness (QED) is 0.422. The van der Waals surface area contributed by atoms with Crippen molar-refractivity contribution in [2.24, 2.45) is 17.8 Å². The standard InChI is InChI=1S/C35H43N3O5/c1-8-17-36(7)31(40)28-29-32(41)38(27(21-39)25-13-11-10-12-14-25)30(35(29)20-24(5)34(28,6)43-35)33(42)37(18-9-2)26-19-22(3)15-16-23(26)4/h8-16,19,24,27-30,39H,1-2,17-18,20-21H2,3-7H3/t24?,27-,28-,29+,30?,34+,35?/m1/s1. The molecule has 5 rings (SSSR count). The van der Waals surface area contributed by atoms with Crippen LogP contribution in [0.4, 0.5) is 5.69 Å². The molecule has 3 amide bonds. The second-order valence-electron chi connectivity index (χ2n) is 12.6. The minimum atomic E-state index is -1.25. The Hall–Kier alpha value is -3.75. The molecular formula is C35H43N3O5. The summed E-state index contributed by atoms with van der Waals surface area (Å²) in [7, 11) is 1.70. The van der Waals surface area contributed by atoms with Gasteiger partial charge in [0.2, 0.25) is 11.8 Å². The number of amides is 3. The molecule has 3 heterocycles. The van der Waals surface area contributed by atoms with Gasteiger partial charge in [-0.05, 0) is 55.9 Å². The number of benzene rings is 2. The molecule has 228 valence electrons. The molecule has 7 atom stereocenters. The average molecular weight is 586 g/mol. The highest BCUT2D eigenvalue weighted by molar-refractivity contribution is 6.05. The van der Waals surface area contributed by atoms with Crippen molar-refractivity contribution in [2.75, 3.05) is 31.6 Å². The van der Waals surface area contributed by atoms with E-state index >= 15 is 4.79 Å². The lowest BCUT2D eigenvalue weighted by Gasteiger charge is -2.40. The smallest absolute Gasteiger partial charge is 0.253 e. The third-order valence-corrected chi connectivity index (χ3v) is 9.96. The highest BCUT2D eigenvalue weighted by Gasteiger charge is 2.80. The number of nitrogens with zero attached hydrogens (tertiary/aromatic N) is 3. The van der Waals surface area contributed by atoms with Gasteiger partial charge in [0.15, 0.2) is 0 Å². The molecule has 8 nitrogen and oxygen atoms in total. The number of aliphatic hydroxyl groups excluding tert-OH is 1. The molecule has 3 unspecified atom stereocenters. The molecule has 1 spiro atoms. The van der Waals surface area contributed by atoms with Gasteiger partial charge >= 0.3 is 0 Å². The van der Waals surface area contributed by atoms with Crippen LogP contribution < -0.4 is 4.90 Å². The molecule has 0 saturated carbocycles. The van der Waals surface area contributed by atoms with Gasteiger partial charge < -0.3 is 24.5 Å². The predicted molar refractivity (Wildman–Crippen MR) is 166 cm³/mol. The molecule has 0 radical (unpaired) electrons. The Labute approximate surface area is 254 Å². The van der Waals surface area contributed by atoms with E-state index in [1.807, 2.05) is 76.2 Å². The van der Waals surface area contributed by atoms with Crippen molar-refractivity contribution in [3.8, 4) is 0 Å². The fourth-order valence-corrected chi connectivity index (χ4v) is 7.81. The van der Waals surface area contributed by atoms with Crippen molar-refractivity contribution < 1.29 is 24.2 Å². The van der Waals surface area contributed by atoms with E-state index < -0.39 is 41.7 Å². The van der Waals surface area contributed by atoms with Gasteiger partial charge in [-0.25, -0.2) is 0 Å². The summed E-state index contributed by atoms with van der Waals surface area (Å²) >= 11 is 0. The Morgan fingerprint density at radius 3 is 2.42 bits per heavy atom. The fourth-order valence-electron chi connectivity index (χ4n) is 7.81. The first kappa shape index (κ1) is 30.7. The molecule has 2 bridgehead atoms. The monoisotopic (exact) mass is 585 g/mol. The number of carbonyl (C=O) groups is 3. The second-order valence-corrected chi connectivity index (χ2v) is 12.6. The zero-order chi connectivity index (χ0) is 31.3. The van der Waals surface area contributed by atoms with Crippen molar-refractivity contribution in [3.63, 3.8) is 0 Å². The first-order valence-electron chi connectivity index (χ1n) is 15.0. The van der Waals surface area contributed by atoms with Crippen LogP contribution in [0.3, 0.4) is 0 Å². The number of likely N-dealkylation sites (tertiary alicyclic amines) is 1. The van der Waals surface area contributed by atoms with Gasteiger partial charge in [-0.2, -0.15) is 0 Å². The highest BCUT2D eigenvalue weighted by atomic mass is 16.5. The van der Waals surface area contributed by atoms with E-state index in [0.29, 0.717) is 18.5 Å². The van der Waals surface area contributed by atoms with Crippen LogP contribution >= 0.6 is 0 Å². The van der Waals surface area contributed by atoms with Gasteiger partial charge in [0.05, 0.1) is 30.1 Å². The molecular weight excluding hydrogens is 542 g/mol. The number of hydrogen-bond donors (Lipinski definition) is 1. The number of fused-ring (bicyclic) bond motifs is 1. The van der Waals surface area contributed by atoms with E-state index in [1.165, 1.54) is 4.90 Å². The van der Waals surface area contributed by atoms with Crippen LogP contribution in [-0.4, -0.2) is 76.6 Å². The maximum Gasteiger partial charge on any atom is 0.253 e. The van der Waals surface area contributed by atoms with Crippen LogP contribution in [0.2, 0.25) is 0 Å². The number of anilines is 1. The van der Waals surface area contributed by atoms with Crippen LogP contribution in [0.15, 0.2) is 73.8 Å². The van der Waals surface area contributed by atoms with E-state index in [0.717, 1.165) is 16.8 Å². The molecule has 43 heavy (non-hydrogen) atoms. The van der Waals surface area contributed by atoms with E-state index in [1.54, 1.807) is 29.0 Å². The summed E-state index contributed by atoms with van der Waals surface area (Å²) in [5.41, 5.74) is 1.13. The topological polar surface area (TPSA) is 90.4 Å². The first-order chi connectivity index (χ1) is 20.5. The van der Waals surface area contributed by atoms with Crippen LogP contribution in [0, 0.1) is 31.6 Å². The van der Waals surface area contributed by atoms with Gasteiger partial charge in [-0.3, -0.25) is 14.4 Å². The first-order valence-corrected chi connectivity index (χ1v) is 15.0. The molecule has 2 aromatic rings. The lowest BCUT2D eigenvalue weighted by molar-refractivity contribution is -0.153. The molecule has 3 fully saturated rings. The molecule has 1 N–H and O–H groups in total. The largest absolute Gasteiger partial charge is 0.394 e. The summed E-state index contributed by atoms with van der Waals surface area (Å²) in [5.74, 6) is -2.65. The van der Waals surface area contributed by atoms with Gasteiger partial charge in [0.25, 0.3) is 5.91 Å². The molecule has 0 aliphatic carbocycles. The Morgan fingerprint density at radius 2 is 1.79 bits per heavy atom. The molecule has 2 aromatic carbocycles. The maximum absolute atomic E-state index is 15.1. The SMILES string of the molecule is C=CCN(C)C(=O)[C@H]1[C@H]2C(=O)N([C@H](CO)c3ccccc3)C(C(=O)N(CC=C)c3cc(C)ccc3C)C23CC(C)[C@]1(C)O3. The number of aliphatic hydroxyl groups is 1. The summed E-state index contributed by atoms with van der Waals surface area (Å²) in [6.45, 7) is 15.7. The maximum atomic E-state index is 15.1. The summed E-state index contributed by atoms with van der Waals surface area (Å²) in [4.78, 5) is 48.7. The van der Waals surface area contributed by atoms with Crippen LogP contribution in [0.25, 0.3) is 0 Å². The van der Waals surface area contributed by atoms with Crippen molar-refractivity contribution in [1.82, 2.24) is 9.80 Å². The predicted octanol–water partition coefficient (Wildman–Crippen LogP) is 4.21. The molecule has 0 aromatic heterocycles. The van der Waals surface area contributed by atoms with Gasteiger partial charge in [0, 0.05) is 25.8 Å². The minimum absolute atomic E-state index is 0.101. The van der Waals surface area contributed by atoms with Crippen LogP contribution in [0.5, 0.6) is 0 Å². The fraction of sp³-hybridized carbons (Fsp3) is 0.457. The lowest BCUT2D eigenvalue weighted by Crippen LogP contribution is -2.57.